The van der Waals surface area contributed by atoms with Gasteiger partial charge in [-0.3, -0.25) is 4.79 Å². The molecule has 0 saturated carbocycles. The summed E-state index contributed by atoms with van der Waals surface area (Å²) in [6, 6.07) is 5.55. The molecule has 1 saturated heterocycles. The first-order valence-corrected chi connectivity index (χ1v) is 10.2. The standard InChI is InChI=1S/C17H24N2O5S/c1-2-8-25(21,22)19-7-3-4-14(11-19)17(20)18-10-13-5-6-15-16(9-13)24-12-23-15/h5-6,9,14H,2-4,7-8,10-12H2,1H3,(H,18,20)/t14-/m0/s1. The predicted octanol–water partition coefficient (Wildman–Crippen LogP) is 1.48. The van der Waals surface area contributed by atoms with Crippen LogP contribution in [-0.2, 0) is 21.4 Å². The Bertz CT molecular complexity index is 735. The number of benzene rings is 1. The first-order valence-electron chi connectivity index (χ1n) is 8.63. The molecule has 0 unspecified atom stereocenters. The maximum absolute atomic E-state index is 12.4. The highest BCUT2D eigenvalue weighted by Gasteiger charge is 2.31. The van der Waals surface area contributed by atoms with Crippen molar-refractivity contribution in [3.05, 3.63) is 23.8 Å². The fourth-order valence-electron chi connectivity index (χ4n) is 3.18. The van der Waals surface area contributed by atoms with Gasteiger partial charge in [0.2, 0.25) is 22.7 Å². The zero-order valence-corrected chi connectivity index (χ0v) is 15.2. The van der Waals surface area contributed by atoms with Crippen LogP contribution in [0.5, 0.6) is 11.5 Å². The second-order valence-corrected chi connectivity index (χ2v) is 8.51. The molecule has 0 radical (unpaired) electrons. The van der Waals surface area contributed by atoms with Crippen LogP contribution in [0, 0.1) is 5.92 Å². The van der Waals surface area contributed by atoms with Gasteiger partial charge in [0.1, 0.15) is 0 Å². The van der Waals surface area contributed by atoms with Crippen LogP contribution in [0.15, 0.2) is 18.2 Å². The second kappa shape index (κ2) is 7.61. The third-order valence-corrected chi connectivity index (χ3v) is 6.56. The van der Waals surface area contributed by atoms with Gasteiger partial charge in [0.05, 0.1) is 11.7 Å². The third kappa shape index (κ3) is 4.24. The van der Waals surface area contributed by atoms with E-state index >= 15 is 0 Å². The zero-order chi connectivity index (χ0) is 17.9. The smallest absolute Gasteiger partial charge is 0.231 e. The van der Waals surface area contributed by atoms with Crippen molar-refractivity contribution in [1.29, 1.82) is 0 Å². The van der Waals surface area contributed by atoms with E-state index in [0.29, 0.717) is 43.9 Å². The quantitative estimate of drug-likeness (QED) is 0.822. The lowest BCUT2D eigenvalue weighted by Crippen LogP contribution is -2.45. The van der Waals surface area contributed by atoms with Crippen molar-refractivity contribution < 1.29 is 22.7 Å². The normalized spacial score (nSPS) is 20.4. The topological polar surface area (TPSA) is 84.9 Å². The van der Waals surface area contributed by atoms with E-state index in [4.69, 9.17) is 9.47 Å². The summed E-state index contributed by atoms with van der Waals surface area (Å²) in [5.41, 5.74) is 0.920. The summed E-state index contributed by atoms with van der Waals surface area (Å²) >= 11 is 0. The molecule has 25 heavy (non-hydrogen) atoms. The lowest BCUT2D eigenvalue weighted by atomic mass is 9.98. The number of nitrogens with zero attached hydrogens (tertiary/aromatic N) is 1. The lowest BCUT2D eigenvalue weighted by molar-refractivity contribution is -0.126. The fraction of sp³-hybridized carbons (Fsp3) is 0.588. The monoisotopic (exact) mass is 368 g/mol. The molecule has 0 aromatic heterocycles. The van der Waals surface area contributed by atoms with Gasteiger partial charge < -0.3 is 14.8 Å². The van der Waals surface area contributed by atoms with Crippen LogP contribution in [0.1, 0.15) is 31.7 Å². The molecule has 2 heterocycles. The van der Waals surface area contributed by atoms with Crippen LogP contribution in [0.3, 0.4) is 0 Å². The Hall–Kier alpha value is -1.80. The molecule has 3 rings (SSSR count). The van der Waals surface area contributed by atoms with E-state index in [2.05, 4.69) is 5.32 Å². The minimum absolute atomic E-state index is 0.103. The van der Waals surface area contributed by atoms with Crippen molar-refractivity contribution in [2.24, 2.45) is 5.92 Å². The maximum Gasteiger partial charge on any atom is 0.231 e. The molecule has 1 amide bonds. The number of fused-ring (bicyclic) bond motifs is 1. The van der Waals surface area contributed by atoms with E-state index in [0.717, 1.165) is 5.56 Å². The molecule has 1 atom stereocenters. The number of piperidine rings is 1. The average molecular weight is 368 g/mol. The van der Waals surface area contributed by atoms with E-state index in [9.17, 15) is 13.2 Å². The number of hydrogen-bond donors (Lipinski definition) is 1. The summed E-state index contributed by atoms with van der Waals surface area (Å²) in [6.45, 7) is 3.23. The van der Waals surface area contributed by atoms with Crippen molar-refractivity contribution in [2.45, 2.75) is 32.7 Å². The Morgan fingerprint density at radius 1 is 1.32 bits per heavy atom. The Morgan fingerprint density at radius 2 is 2.12 bits per heavy atom. The molecule has 0 bridgehead atoms. The van der Waals surface area contributed by atoms with Crippen LogP contribution in [0.25, 0.3) is 0 Å². The summed E-state index contributed by atoms with van der Waals surface area (Å²) in [7, 11) is -3.25. The Morgan fingerprint density at radius 3 is 2.92 bits per heavy atom. The van der Waals surface area contributed by atoms with Gasteiger partial charge in [-0.2, -0.15) is 0 Å². The summed E-state index contributed by atoms with van der Waals surface area (Å²) in [5.74, 6) is 1.13. The summed E-state index contributed by atoms with van der Waals surface area (Å²) in [5, 5.41) is 2.91. The van der Waals surface area contributed by atoms with Crippen molar-refractivity contribution in [3.63, 3.8) is 0 Å². The van der Waals surface area contributed by atoms with E-state index in [1.165, 1.54) is 4.31 Å². The van der Waals surface area contributed by atoms with Gasteiger partial charge in [0, 0.05) is 19.6 Å². The summed E-state index contributed by atoms with van der Waals surface area (Å²) in [6.07, 6.45) is 2.01. The highest BCUT2D eigenvalue weighted by molar-refractivity contribution is 7.89. The van der Waals surface area contributed by atoms with Gasteiger partial charge >= 0.3 is 0 Å². The van der Waals surface area contributed by atoms with E-state index in [1.807, 2.05) is 25.1 Å². The van der Waals surface area contributed by atoms with Gasteiger partial charge in [-0.25, -0.2) is 12.7 Å². The van der Waals surface area contributed by atoms with Crippen molar-refractivity contribution in [1.82, 2.24) is 9.62 Å². The predicted molar refractivity (Wildman–Crippen MR) is 92.8 cm³/mol. The number of amides is 1. The average Bonchev–Trinajstić information content (AvgIpc) is 3.07. The van der Waals surface area contributed by atoms with Gasteiger partial charge in [-0.05, 0) is 37.0 Å². The molecule has 1 aromatic rings. The SMILES string of the molecule is CCCS(=O)(=O)N1CCC[C@H](C(=O)NCc2ccc3c(c2)OCO3)C1. The van der Waals surface area contributed by atoms with E-state index < -0.39 is 10.0 Å². The number of carbonyl (C=O) groups excluding carboxylic acids is 1. The molecular formula is C17H24N2O5S. The molecule has 0 spiro atoms. The summed E-state index contributed by atoms with van der Waals surface area (Å²) in [4.78, 5) is 12.4. The molecule has 138 valence electrons. The van der Waals surface area contributed by atoms with Crippen LogP contribution in [0.2, 0.25) is 0 Å². The molecular weight excluding hydrogens is 344 g/mol. The largest absolute Gasteiger partial charge is 0.454 e. The van der Waals surface area contributed by atoms with Crippen LogP contribution < -0.4 is 14.8 Å². The first kappa shape index (κ1) is 18.0. The van der Waals surface area contributed by atoms with Gasteiger partial charge in [-0.1, -0.05) is 13.0 Å². The van der Waals surface area contributed by atoms with Crippen LogP contribution >= 0.6 is 0 Å². The molecule has 1 aromatic carbocycles. The van der Waals surface area contributed by atoms with Gasteiger partial charge in [0.15, 0.2) is 11.5 Å². The number of hydrogen-bond acceptors (Lipinski definition) is 5. The molecule has 7 nitrogen and oxygen atoms in total. The highest BCUT2D eigenvalue weighted by atomic mass is 32.2. The number of carbonyl (C=O) groups is 1. The fourth-order valence-corrected chi connectivity index (χ4v) is 4.77. The Labute approximate surface area is 148 Å². The lowest BCUT2D eigenvalue weighted by Gasteiger charge is -2.31. The minimum atomic E-state index is -3.25. The number of nitrogens with one attached hydrogen (secondary N) is 1. The van der Waals surface area contributed by atoms with E-state index in [1.54, 1.807) is 0 Å². The minimum Gasteiger partial charge on any atom is -0.454 e. The number of sulfonamides is 1. The zero-order valence-electron chi connectivity index (χ0n) is 14.4. The Kier molecular flexibility index (Phi) is 5.48. The van der Waals surface area contributed by atoms with Crippen molar-refractivity contribution in [3.8, 4) is 11.5 Å². The third-order valence-electron chi connectivity index (χ3n) is 4.51. The van der Waals surface area contributed by atoms with Gasteiger partial charge in [0.25, 0.3) is 0 Å². The van der Waals surface area contributed by atoms with Gasteiger partial charge in [-0.15, -0.1) is 0 Å². The van der Waals surface area contributed by atoms with Crippen LogP contribution in [0.4, 0.5) is 0 Å². The molecule has 2 aliphatic heterocycles. The molecule has 8 heteroatoms. The molecule has 1 N–H and O–H groups in total. The maximum atomic E-state index is 12.4. The molecule has 2 aliphatic rings. The number of rotatable bonds is 6. The Balaban J connectivity index is 1.56. The molecule has 1 fully saturated rings. The van der Waals surface area contributed by atoms with Crippen molar-refractivity contribution >= 4 is 15.9 Å². The van der Waals surface area contributed by atoms with Crippen molar-refractivity contribution in [2.75, 3.05) is 25.6 Å². The summed E-state index contributed by atoms with van der Waals surface area (Å²) < 4.78 is 36.5. The van der Waals surface area contributed by atoms with E-state index in [-0.39, 0.29) is 30.9 Å². The van der Waals surface area contributed by atoms with Crippen LogP contribution in [-0.4, -0.2) is 44.3 Å². The second-order valence-electron chi connectivity index (χ2n) is 6.42. The number of ether oxygens (including phenoxy) is 2. The highest BCUT2D eigenvalue weighted by Crippen LogP contribution is 2.32. The molecule has 0 aliphatic carbocycles. The first-order chi connectivity index (χ1) is 12.0.